The monoisotopic (exact) mass is 899 g/mol. The normalized spacial score (nSPS) is 9.73. The van der Waals surface area contributed by atoms with Crippen LogP contribution in [0.5, 0.6) is 5.88 Å². The number of hydrogen-bond acceptors (Lipinski definition) is 11. The van der Waals surface area contributed by atoms with Gasteiger partial charge in [-0.2, -0.15) is 0 Å². The average molecular weight is 900 g/mol. The number of H-pyrrole nitrogens is 1. The molecule has 0 unspecified atom stereocenters. The average Bonchev–Trinajstić information content (AvgIpc) is 3.02. The fraction of sp³-hybridized carbons (Fsp3) is 0.455. The summed E-state index contributed by atoms with van der Waals surface area (Å²) in [5.74, 6) is 1.39. The summed E-state index contributed by atoms with van der Waals surface area (Å²) in [4.78, 5) is 64.4. The number of carboxylic acid groups (broad SMARTS) is 1. The van der Waals surface area contributed by atoms with Crippen LogP contribution in [0.3, 0.4) is 0 Å². The van der Waals surface area contributed by atoms with E-state index in [1.54, 1.807) is 27.7 Å². The van der Waals surface area contributed by atoms with E-state index in [1.165, 1.54) is 20.4 Å². The third-order valence-corrected chi connectivity index (χ3v) is 5.74. The Bertz CT molecular complexity index is 1610. The van der Waals surface area contributed by atoms with E-state index in [2.05, 4.69) is 39.9 Å². The van der Waals surface area contributed by atoms with Gasteiger partial charge in [0.2, 0.25) is 5.88 Å². The Balaban J connectivity index is -0.000000273. The molecule has 3 N–H and O–H groups in total. The van der Waals surface area contributed by atoms with Crippen LogP contribution in [-0.4, -0.2) is 72.8 Å². The van der Waals surface area contributed by atoms with Gasteiger partial charge in [-0.05, 0) is 86.6 Å². The molecule has 4 rings (SSSR count). The molecule has 0 aliphatic rings. The summed E-state index contributed by atoms with van der Waals surface area (Å²) >= 11 is 1.80. The van der Waals surface area contributed by atoms with Crippen molar-refractivity contribution in [2.75, 3.05) is 9.84 Å². The second-order valence-corrected chi connectivity index (χ2v) is 9.35. The van der Waals surface area contributed by atoms with Crippen molar-refractivity contribution >= 4 is 34.8 Å². The zero-order valence-electron chi connectivity index (χ0n) is 34.4. The number of carbonyl (C=O) groups excluding carboxylic acids is 1. The summed E-state index contributed by atoms with van der Waals surface area (Å²) in [6.45, 7) is 20.1. The molecule has 0 radical (unpaired) electrons. The molecule has 0 aliphatic heterocycles. The van der Waals surface area contributed by atoms with Gasteiger partial charge in [-0.3, -0.25) is 9.59 Å². The van der Waals surface area contributed by atoms with Crippen LogP contribution in [0.15, 0.2) is 10.9 Å². The van der Waals surface area contributed by atoms with E-state index in [4.69, 9.17) is 14.9 Å². The van der Waals surface area contributed by atoms with Crippen molar-refractivity contribution < 1.29 is 46.3 Å². The van der Waals surface area contributed by atoms with Crippen LogP contribution in [0.25, 0.3) is 0 Å². The van der Waals surface area contributed by atoms with Gasteiger partial charge in [-0.1, -0.05) is 37.4 Å². The van der Waals surface area contributed by atoms with Crippen LogP contribution >= 0.6 is 22.6 Å². The molecule has 0 fully saturated rings. The Morgan fingerprint density at radius 3 is 1.44 bits per heavy atom. The Labute approximate surface area is 317 Å². The van der Waals surface area contributed by atoms with Crippen LogP contribution in [0, 0.1) is 76.2 Å². The first-order valence-corrected chi connectivity index (χ1v) is 17.2. The Morgan fingerprint density at radius 1 is 0.812 bits per heavy atom. The number of aromatic carboxylic acids is 1. The number of carboxylic acids is 1. The summed E-state index contributed by atoms with van der Waals surface area (Å²) in [5, 5.41) is 17.4. The Morgan fingerprint density at radius 2 is 1.15 bits per heavy atom. The molecule has 4 aromatic heterocycles. The van der Waals surface area contributed by atoms with Crippen LogP contribution in [-0.2, 0) is 0 Å². The van der Waals surface area contributed by atoms with Gasteiger partial charge in [0.1, 0.15) is 28.9 Å². The predicted octanol–water partition coefficient (Wildman–Crippen LogP) is 3.03. The predicted molar refractivity (Wildman–Crippen MR) is 198 cm³/mol. The molecular weight excluding hydrogens is 842 g/mol. The van der Waals surface area contributed by atoms with Crippen LogP contribution < -0.4 is 28.0 Å². The SMILES string of the molecule is Cc1nc(C)c(C(=O)O)c(C)n1.Cc1nc(C)c(C)c(C)n1.Cc1nc(C)c(C=O)c(C)n1.Cc1nc(O)cc(=O)[nH]1.[2H]C.[2H]C.[2H]CI.[2H][I-]C. The number of nitrogens with one attached hydrogen (secondary N) is 1. The molecule has 0 saturated carbocycles. The van der Waals surface area contributed by atoms with Crippen molar-refractivity contribution in [3.8, 4) is 5.88 Å². The number of hydrogen-bond donors (Lipinski definition) is 3. The molecule has 0 bridgehead atoms. The van der Waals surface area contributed by atoms with E-state index in [0.717, 1.165) is 41.0 Å². The van der Waals surface area contributed by atoms with Crippen LogP contribution in [0.4, 0.5) is 0 Å². The molecule has 0 saturated heterocycles. The van der Waals surface area contributed by atoms with Crippen molar-refractivity contribution in [1.29, 1.82) is 0.594 Å². The molecule has 13 nitrogen and oxygen atoms in total. The fourth-order valence-corrected chi connectivity index (χ4v) is 3.76. The summed E-state index contributed by atoms with van der Waals surface area (Å²) in [6, 6.07) is 1.02. The number of aromatic hydroxyl groups is 1. The molecule has 0 amide bonds. The quantitative estimate of drug-likeness (QED) is 0.151. The van der Waals surface area contributed by atoms with E-state index in [1.807, 2.05) is 76.0 Å². The molecule has 4 aromatic rings. The van der Waals surface area contributed by atoms with Crippen molar-refractivity contribution in [1.82, 2.24) is 39.9 Å². The van der Waals surface area contributed by atoms with Crippen molar-refractivity contribution in [3.63, 3.8) is 0 Å². The van der Waals surface area contributed by atoms with Crippen LogP contribution in [0.1, 0.15) is 103 Å². The Kier molecular flexibility index (Phi) is 23.5. The maximum absolute atomic E-state index is 10.7. The number of halogens is 2. The zero-order valence-corrected chi connectivity index (χ0v) is 34.7. The fourth-order valence-electron chi connectivity index (χ4n) is 3.76. The van der Waals surface area contributed by atoms with Gasteiger partial charge in [-0.15, -0.1) is 0 Å². The summed E-state index contributed by atoms with van der Waals surface area (Å²) in [5.41, 5.74) is 6.41. The van der Waals surface area contributed by atoms with Gasteiger partial charge in [-0.25, -0.2) is 39.7 Å². The van der Waals surface area contributed by atoms with Crippen molar-refractivity contribution in [2.45, 2.75) is 91.0 Å². The number of aryl methyl sites for hydroxylation is 10. The maximum atomic E-state index is 10.7. The third kappa shape index (κ3) is 18.8. The van der Waals surface area contributed by atoms with Gasteiger partial charge in [0.05, 0.1) is 34.4 Å². The first-order chi connectivity index (χ1) is 24.3. The molecule has 0 aliphatic carbocycles. The molecular formula is C33H53I2N8O5-. The summed E-state index contributed by atoms with van der Waals surface area (Å²) in [7, 11) is 2.50. The molecule has 4 heterocycles. The van der Waals surface area contributed by atoms with Crippen molar-refractivity contribution in [3.05, 3.63) is 90.6 Å². The van der Waals surface area contributed by atoms with Gasteiger partial charge >= 0.3 is 33.9 Å². The van der Waals surface area contributed by atoms with E-state index < -0.39 is 5.97 Å². The topological polar surface area (TPSA) is 198 Å². The van der Waals surface area contributed by atoms with Crippen molar-refractivity contribution in [2.24, 2.45) is 0 Å². The number of rotatable bonds is 2. The van der Waals surface area contributed by atoms with Crippen LogP contribution in [0.2, 0.25) is 0 Å². The van der Waals surface area contributed by atoms with E-state index in [9.17, 15) is 14.4 Å². The van der Waals surface area contributed by atoms with E-state index in [0.29, 0.717) is 39.3 Å². The second kappa shape index (κ2) is 26.5. The number of alkyl halides is 2. The molecule has 0 aromatic carbocycles. The standard InChI is InChI=1S/C8H10N2O2.C8H10N2O.C8H12N2.C5H6N2O2.CH4I.CH3I.2CH4/c1-4-7(8(11)12)5(2)10-6(3)9-4;1-5-8(4-11)6(2)10-7(3)9-5;1-5-6(2)9-8(4)10-7(5)3;1-3-6-4(8)2-5(9)7-3;2*1-2;;/h1-3H3,(H,11,12);4H,1-3H3;1-4H3;2H,1H3,(H2,6,7,8,9);2H,1H3;1H3;2*1H4/q;;;;-1;;;/i;;;;2D;3*1D. The Hall–Kier alpha value is -3.48. The summed E-state index contributed by atoms with van der Waals surface area (Å²) in [6.07, 6.45) is 0.796. The number of nitrogens with zero attached hydrogens (tertiary/aromatic N) is 7. The van der Waals surface area contributed by atoms with Gasteiger partial charge in [0, 0.05) is 15.5 Å². The zero-order chi connectivity index (χ0) is 41.7. The van der Waals surface area contributed by atoms with E-state index in [-0.39, 0.29) is 39.4 Å². The number of carbonyl (C=O) groups is 2. The minimum absolute atomic E-state index is 0.160. The first-order valence-electron chi connectivity index (χ1n) is 16.6. The first kappa shape index (κ1) is 42.5. The number of aldehydes is 1. The number of aromatic nitrogens is 8. The second-order valence-electron chi connectivity index (χ2n) is 9.35. The molecule has 0 atom stereocenters. The molecule has 48 heavy (non-hydrogen) atoms. The van der Waals surface area contributed by atoms with E-state index >= 15 is 0 Å². The molecule has 0 spiro atoms. The van der Waals surface area contributed by atoms with Gasteiger partial charge in [0.15, 0.2) is 6.29 Å². The third-order valence-electron chi connectivity index (χ3n) is 5.74. The minimum atomic E-state index is -0.968. The van der Waals surface area contributed by atoms with Gasteiger partial charge < -0.3 is 15.2 Å². The number of aromatic amines is 1. The van der Waals surface area contributed by atoms with Gasteiger partial charge in [0.25, 0.3) is 5.56 Å². The summed E-state index contributed by atoms with van der Waals surface area (Å²) < 4.78 is 24.0. The molecule has 15 heteroatoms. The molecule has 270 valence electrons.